The molecule has 1 fully saturated rings. The third-order valence-electron chi connectivity index (χ3n) is 6.50. The van der Waals surface area contributed by atoms with E-state index in [-0.39, 0.29) is 18.5 Å². The highest BCUT2D eigenvalue weighted by molar-refractivity contribution is 5.67. The number of carboxylic acids is 1. The molecular weight excluding hydrogens is 358 g/mol. The van der Waals surface area contributed by atoms with Crippen LogP contribution in [0.3, 0.4) is 0 Å². The number of nitrogens with zero attached hydrogens (tertiary/aromatic N) is 1. The molecule has 3 nitrogen and oxygen atoms in total. The Morgan fingerprint density at radius 2 is 1.62 bits per heavy atom. The van der Waals surface area contributed by atoms with Gasteiger partial charge in [-0.2, -0.15) is 0 Å². The summed E-state index contributed by atoms with van der Waals surface area (Å²) in [6, 6.07) is 21.2. The summed E-state index contributed by atoms with van der Waals surface area (Å²) in [6.45, 7) is 2.99. The smallest absolute Gasteiger partial charge is 0.304 e. The lowest BCUT2D eigenvalue weighted by molar-refractivity contribution is -0.138. The normalized spacial score (nSPS) is 17.2. The van der Waals surface area contributed by atoms with Gasteiger partial charge in [-0.25, -0.2) is 0 Å². The molecule has 0 amide bonds. The fourth-order valence-corrected chi connectivity index (χ4v) is 4.79. The van der Waals surface area contributed by atoms with Crippen molar-refractivity contribution in [2.45, 2.75) is 76.9 Å². The van der Waals surface area contributed by atoms with Gasteiger partial charge in [0, 0.05) is 18.6 Å². The predicted octanol–water partition coefficient (Wildman–Crippen LogP) is 6.45. The molecule has 1 aliphatic carbocycles. The van der Waals surface area contributed by atoms with Crippen LogP contribution in [0.4, 0.5) is 0 Å². The van der Waals surface area contributed by atoms with Crippen molar-refractivity contribution >= 4 is 5.97 Å². The second kappa shape index (κ2) is 11.2. The van der Waals surface area contributed by atoms with Gasteiger partial charge in [-0.15, -0.1) is 0 Å². The Morgan fingerprint density at radius 3 is 2.24 bits per heavy atom. The zero-order chi connectivity index (χ0) is 20.5. The van der Waals surface area contributed by atoms with Gasteiger partial charge >= 0.3 is 5.97 Å². The van der Waals surface area contributed by atoms with Gasteiger partial charge in [0.05, 0.1) is 6.42 Å². The van der Waals surface area contributed by atoms with Crippen LogP contribution in [0.15, 0.2) is 60.7 Å². The fourth-order valence-electron chi connectivity index (χ4n) is 4.79. The first kappa shape index (κ1) is 21.6. The molecule has 1 aliphatic rings. The SMILES string of the molecule is C[C@@H](c1ccccc1)N(Cc1ccccc1)C(CCC1CCCCC1)CC(=O)O. The van der Waals surface area contributed by atoms with E-state index in [0.29, 0.717) is 0 Å². The van der Waals surface area contributed by atoms with Crippen molar-refractivity contribution in [2.75, 3.05) is 0 Å². The third kappa shape index (κ3) is 6.71. The van der Waals surface area contributed by atoms with Gasteiger partial charge in [0.15, 0.2) is 0 Å². The molecule has 2 aromatic rings. The molecule has 2 aromatic carbocycles. The Balaban J connectivity index is 1.80. The van der Waals surface area contributed by atoms with Gasteiger partial charge in [-0.3, -0.25) is 9.69 Å². The Labute approximate surface area is 175 Å². The van der Waals surface area contributed by atoms with Crippen LogP contribution in [0.2, 0.25) is 0 Å². The minimum absolute atomic E-state index is 0.0461. The molecule has 1 saturated carbocycles. The quantitative estimate of drug-likeness (QED) is 0.504. The summed E-state index contributed by atoms with van der Waals surface area (Å²) in [5.41, 5.74) is 2.49. The number of carboxylic acid groups (broad SMARTS) is 1. The van der Waals surface area contributed by atoms with Gasteiger partial charge in [-0.1, -0.05) is 92.8 Å². The highest BCUT2D eigenvalue weighted by atomic mass is 16.4. The highest BCUT2D eigenvalue weighted by Crippen LogP contribution is 2.32. The second-order valence-electron chi connectivity index (χ2n) is 8.58. The van der Waals surface area contributed by atoms with Crippen LogP contribution in [0.1, 0.15) is 75.5 Å². The van der Waals surface area contributed by atoms with E-state index < -0.39 is 5.97 Å². The molecule has 1 N–H and O–H groups in total. The predicted molar refractivity (Wildman–Crippen MR) is 119 cm³/mol. The van der Waals surface area contributed by atoms with Gasteiger partial charge in [0.1, 0.15) is 0 Å². The number of rotatable bonds is 10. The molecule has 0 aliphatic heterocycles. The summed E-state index contributed by atoms with van der Waals surface area (Å²) in [6.07, 6.45) is 8.97. The fraction of sp³-hybridized carbons (Fsp3) is 0.500. The summed E-state index contributed by atoms with van der Waals surface area (Å²) >= 11 is 0. The van der Waals surface area contributed by atoms with Gasteiger partial charge in [0.2, 0.25) is 0 Å². The molecule has 2 atom stereocenters. The number of benzene rings is 2. The molecule has 0 spiro atoms. The molecule has 1 unspecified atom stereocenters. The maximum atomic E-state index is 11.8. The Hall–Kier alpha value is -2.13. The van der Waals surface area contributed by atoms with Crippen molar-refractivity contribution in [2.24, 2.45) is 5.92 Å². The molecule has 0 aromatic heterocycles. The van der Waals surface area contributed by atoms with Crippen LogP contribution in [-0.2, 0) is 11.3 Å². The molecular formula is C26H35NO2. The summed E-state index contributed by atoms with van der Waals surface area (Å²) in [5, 5.41) is 9.66. The molecule has 29 heavy (non-hydrogen) atoms. The van der Waals surface area contributed by atoms with Crippen LogP contribution in [0, 0.1) is 5.92 Å². The Bertz CT molecular complexity index is 725. The van der Waals surface area contributed by atoms with Crippen molar-refractivity contribution in [3.05, 3.63) is 71.8 Å². The lowest BCUT2D eigenvalue weighted by atomic mass is 9.84. The van der Waals surface area contributed by atoms with E-state index in [1.165, 1.54) is 43.2 Å². The van der Waals surface area contributed by atoms with Crippen LogP contribution >= 0.6 is 0 Å². The van der Waals surface area contributed by atoms with Crippen molar-refractivity contribution in [3.8, 4) is 0 Å². The largest absolute Gasteiger partial charge is 0.481 e. The van der Waals surface area contributed by atoms with Crippen LogP contribution < -0.4 is 0 Å². The van der Waals surface area contributed by atoms with E-state index in [4.69, 9.17) is 0 Å². The van der Waals surface area contributed by atoms with Crippen molar-refractivity contribution in [3.63, 3.8) is 0 Å². The van der Waals surface area contributed by atoms with E-state index in [0.717, 1.165) is 25.3 Å². The van der Waals surface area contributed by atoms with E-state index in [1.807, 2.05) is 12.1 Å². The minimum atomic E-state index is -0.697. The van der Waals surface area contributed by atoms with E-state index in [1.54, 1.807) is 0 Å². The molecule has 0 bridgehead atoms. The number of hydrogen-bond acceptors (Lipinski definition) is 2. The van der Waals surface area contributed by atoms with Crippen LogP contribution in [0.5, 0.6) is 0 Å². The van der Waals surface area contributed by atoms with Gasteiger partial charge in [0.25, 0.3) is 0 Å². The summed E-state index contributed by atoms with van der Waals surface area (Å²) in [4.78, 5) is 14.2. The lowest BCUT2D eigenvalue weighted by Crippen LogP contribution is -2.39. The average Bonchev–Trinajstić information content (AvgIpc) is 2.76. The van der Waals surface area contributed by atoms with E-state index >= 15 is 0 Å². The van der Waals surface area contributed by atoms with Crippen LogP contribution in [0.25, 0.3) is 0 Å². The molecule has 156 valence electrons. The molecule has 3 heteroatoms. The average molecular weight is 394 g/mol. The zero-order valence-corrected chi connectivity index (χ0v) is 17.7. The van der Waals surface area contributed by atoms with Crippen molar-refractivity contribution < 1.29 is 9.90 Å². The van der Waals surface area contributed by atoms with E-state index in [9.17, 15) is 9.90 Å². The minimum Gasteiger partial charge on any atom is -0.481 e. The number of hydrogen-bond donors (Lipinski definition) is 1. The summed E-state index contributed by atoms with van der Waals surface area (Å²) in [5.74, 6) is 0.0719. The van der Waals surface area contributed by atoms with Gasteiger partial charge in [-0.05, 0) is 36.8 Å². The first-order chi connectivity index (χ1) is 14.1. The monoisotopic (exact) mass is 393 g/mol. The van der Waals surface area contributed by atoms with Gasteiger partial charge < -0.3 is 5.11 Å². The maximum Gasteiger partial charge on any atom is 0.304 e. The molecule has 3 rings (SSSR count). The lowest BCUT2D eigenvalue weighted by Gasteiger charge is -2.37. The van der Waals surface area contributed by atoms with Crippen LogP contribution in [-0.4, -0.2) is 22.0 Å². The summed E-state index contributed by atoms with van der Waals surface area (Å²) < 4.78 is 0. The van der Waals surface area contributed by atoms with Crippen molar-refractivity contribution in [1.82, 2.24) is 4.90 Å². The standard InChI is InChI=1S/C26H35NO2/c1-21(24-15-9-4-10-16-24)27(20-23-13-7-3-8-14-23)25(19-26(28)29)18-17-22-11-5-2-6-12-22/h3-4,7-10,13-16,21-22,25H,2,5-6,11-12,17-20H2,1H3,(H,28,29)/t21-,25?/m0/s1. The highest BCUT2D eigenvalue weighted by Gasteiger charge is 2.28. The molecule has 0 saturated heterocycles. The Morgan fingerprint density at radius 1 is 1.00 bits per heavy atom. The topological polar surface area (TPSA) is 40.5 Å². The number of aliphatic carboxylic acids is 1. The van der Waals surface area contributed by atoms with Crippen molar-refractivity contribution in [1.29, 1.82) is 0 Å². The Kier molecular flexibility index (Phi) is 8.30. The molecule has 0 radical (unpaired) electrons. The first-order valence-electron chi connectivity index (χ1n) is 11.2. The maximum absolute atomic E-state index is 11.8. The molecule has 0 heterocycles. The first-order valence-corrected chi connectivity index (χ1v) is 11.2. The van der Waals surface area contributed by atoms with E-state index in [2.05, 4.69) is 60.4 Å². The second-order valence-corrected chi connectivity index (χ2v) is 8.58. The zero-order valence-electron chi connectivity index (χ0n) is 17.7. The summed E-state index contributed by atoms with van der Waals surface area (Å²) in [7, 11) is 0. The third-order valence-corrected chi connectivity index (χ3v) is 6.50. The number of carbonyl (C=O) groups is 1.